The van der Waals surface area contributed by atoms with Gasteiger partial charge in [-0.2, -0.15) is 5.10 Å². The van der Waals surface area contributed by atoms with Crippen LogP contribution in [0.5, 0.6) is 0 Å². The molecule has 0 bridgehead atoms. The summed E-state index contributed by atoms with van der Waals surface area (Å²) in [6.07, 6.45) is 0. The predicted molar refractivity (Wildman–Crippen MR) is 102 cm³/mol. The first-order valence-electron chi connectivity index (χ1n) is 7.89. The minimum Gasteiger partial charge on any atom is -0.272 e. The normalized spacial score (nSPS) is 10.4. The molecule has 3 N–H and O–H groups in total. The van der Waals surface area contributed by atoms with E-state index >= 15 is 0 Å². The lowest BCUT2D eigenvalue weighted by atomic mass is 10.1. The molecule has 0 unspecified atom stereocenters. The summed E-state index contributed by atoms with van der Waals surface area (Å²) >= 11 is 1.15. The van der Waals surface area contributed by atoms with Crippen molar-refractivity contribution in [2.75, 3.05) is 5.75 Å². The standard InChI is InChI=1S/C17H13N5O5S/c23-14(9-28-11-7-5-10(6-8-11)22(26)27)18-21-17(25)15-12-3-1-2-4-13(12)16(24)20-19-15/h1-8H,9H2,(H,18,23)(H,20,24)(H,21,25). The summed E-state index contributed by atoms with van der Waals surface area (Å²) in [4.78, 5) is 46.7. The highest BCUT2D eigenvalue weighted by atomic mass is 32.2. The van der Waals surface area contributed by atoms with E-state index in [4.69, 9.17) is 0 Å². The van der Waals surface area contributed by atoms with Gasteiger partial charge in [0, 0.05) is 22.4 Å². The van der Waals surface area contributed by atoms with E-state index in [0.717, 1.165) is 11.8 Å². The summed E-state index contributed by atoms with van der Waals surface area (Å²) in [7, 11) is 0. The molecule has 142 valence electrons. The van der Waals surface area contributed by atoms with Gasteiger partial charge in [0.15, 0.2) is 5.69 Å². The maximum absolute atomic E-state index is 12.3. The number of H-pyrrole nitrogens is 1. The number of thioether (sulfide) groups is 1. The number of hydrogen-bond donors (Lipinski definition) is 3. The van der Waals surface area contributed by atoms with Crippen molar-refractivity contribution >= 4 is 40.0 Å². The van der Waals surface area contributed by atoms with Crippen LogP contribution >= 0.6 is 11.8 Å². The largest absolute Gasteiger partial charge is 0.290 e. The lowest BCUT2D eigenvalue weighted by Crippen LogP contribution is -2.43. The summed E-state index contributed by atoms with van der Waals surface area (Å²) in [5.74, 6) is -1.18. The topological polar surface area (TPSA) is 147 Å². The second kappa shape index (κ2) is 8.31. The highest BCUT2D eigenvalue weighted by Gasteiger charge is 2.14. The predicted octanol–water partition coefficient (Wildman–Crippen LogP) is 1.38. The molecule has 3 aromatic rings. The van der Waals surface area contributed by atoms with Crippen molar-refractivity contribution in [3.8, 4) is 0 Å². The quantitative estimate of drug-likeness (QED) is 0.334. The number of non-ortho nitro benzene ring substituents is 1. The van der Waals surface area contributed by atoms with Gasteiger partial charge in [-0.05, 0) is 18.2 Å². The van der Waals surface area contributed by atoms with Gasteiger partial charge in [-0.1, -0.05) is 18.2 Å². The number of hydrogen-bond acceptors (Lipinski definition) is 7. The van der Waals surface area contributed by atoms with Crippen LogP contribution < -0.4 is 16.4 Å². The Morgan fingerprint density at radius 2 is 1.75 bits per heavy atom. The molecule has 1 heterocycles. The molecule has 0 radical (unpaired) electrons. The molecule has 0 saturated heterocycles. The number of amides is 2. The van der Waals surface area contributed by atoms with Crippen molar-refractivity contribution in [2.24, 2.45) is 0 Å². The third kappa shape index (κ3) is 4.32. The van der Waals surface area contributed by atoms with Crippen molar-refractivity contribution in [1.29, 1.82) is 0 Å². The van der Waals surface area contributed by atoms with Crippen LogP contribution in [0.1, 0.15) is 10.5 Å². The molecule has 2 amide bonds. The van der Waals surface area contributed by atoms with Crippen molar-refractivity contribution in [1.82, 2.24) is 21.0 Å². The zero-order valence-electron chi connectivity index (χ0n) is 14.2. The molecule has 1 aromatic heterocycles. The Hall–Kier alpha value is -3.73. The molecule has 0 aliphatic carbocycles. The van der Waals surface area contributed by atoms with Crippen LogP contribution in [0.3, 0.4) is 0 Å². The van der Waals surface area contributed by atoms with Crippen LogP contribution in [0.25, 0.3) is 10.8 Å². The van der Waals surface area contributed by atoms with Crippen LogP contribution in [0.2, 0.25) is 0 Å². The second-order valence-corrected chi connectivity index (χ2v) is 6.54. The van der Waals surface area contributed by atoms with E-state index in [-0.39, 0.29) is 17.1 Å². The number of nitro groups is 1. The van der Waals surface area contributed by atoms with Gasteiger partial charge in [0.25, 0.3) is 17.2 Å². The van der Waals surface area contributed by atoms with E-state index in [0.29, 0.717) is 15.7 Å². The fourth-order valence-electron chi connectivity index (χ4n) is 2.32. The Morgan fingerprint density at radius 1 is 1.07 bits per heavy atom. The first-order chi connectivity index (χ1) is 13.5. The van der Waals surface area contributed by atoms with Crippen molar-refractivity contribution < 1.29 is 14.5 Å². The van der Waals surface area contributed by atoms with Gasteiger partial charge in [0.1, 0.15) is 0 Å². The Bertz CT molecular complexity index is 1110. The monoisotopic (exact) mass is 399 g/mol. The summed E-state index contributed by atoms with van der Waals surface area (Å²) in [6, 6.07) is 12.2. The maximum atomic E-state index is 12.3. The van der Waals surface area contributed by atoms with Gasteiger partial charge in [0.05, 0.1) is 16.1 Å². The number of rotatable bonds is 5. The van der Waals surface area contributed by atoms with Gasteiger partial charge in [-0.15, -0.1) is 11.8 Å². The number of fused-ring (bicyclic) bond motifs is 1. The van der Waals surface area contributed by atoms with E-state index in [1.54, 1.807) is 24.3 Å². The van der Waals surface area contributed by atoms with Crippen LogP contribution in [-0.2, 0) is 4.79 Å². The number of aromatic nitrogens is 2. The van der Waals surface area contributed by atoms with Gasteiger partial charge in [-0.3, -0.25) is 35.3 Å². The molecule has 0 fully saturated rings. The molecule has 0 aliphatic rings. The van der Waals surface area contributed by atoms with Gasteiger partial charge in [-0.25, -0.2) is 5.10 Å². The summed E-state index contributed by atoms with van der Waals surface area (Å²) in [5, 5.41) is 17.3. The molecule has 0 saturated carbocycles. The number of nitro benzene ring substituents is 1. The van der Waals surface area contributed by atoms with Crippen LogP contribution in [0.15, 0.2) is 58.2 Å². The van der Waals surface area contributed by atoms with E-state index in [1.807, 2.05) is 0 Å². The number of aromatic amines is 1. The molecule has 10 nitrogen and oxygen atoms in total. The number of carbonyl (C=O) groups excluding carboxylic acids is 2. The molecule has 11 heteroatoms. The fraction of sp³-hybridized carbons (Fsp3) is 0.0588. The number of benzene rings is 2. The minimum atomic E-state index is -0.680. The third-order valence-electron chi connectivity index (χ3n) is 3.64. The lowest BCUT2D eigenvalue weighted by Gasteiger charge is -2.08. The fourth-order valence-corrected chi connectivity index (χ4v) is 3.02. The SMILES string of the molecule is O=C(CSc1ccc([N+](=O)[O-])cc1)NNC(=O)c1n[nH]c(=O)c2ccccc12. The molecule has 0 spiro atoms. The van der Waals surface area contributed by atoms with E-state index in [1.165, 1.54) is 24.3 Å². The first kappa shape index (κ1) is 19.0. The molecule has 0 atom stereocenters. The Kier molecular flexibility index (Phi) is 5.65. The molecular formula is C17H13N5O5S. The Morgan fingerprint density at radius 3 is 2.43 bits per heavy atom. The van der Waals surface area contributed by atoms with Crippen LogP contribution in [-0.4, -0.2) is 32.7 Å². The number of carbonyl (C=O) groups is 2. The molecule has 0 aliphatic heterocycles. The van der Waals surface area contributed by atoms with Crippen molar-refractivity contribution in [3.63, 3.8) is 0 Å². The summed E-state index contributed by atoms with van der Waals surface area (Å²) in [5.41, 5.74) is 4.02. The number of nitrogens with one attached hydrogen (secondary N) is 3. The second-order valence-electron chi connectivity index (χ2n) is 5.49. The van der Waals surface area contributed by atoms with Crippen molar-refractivity contribution in [3.05, 3.63) is 74.7 Å². The molecule has 2 aromatic carbocycles. The average molecular weight is 399 g/mol. The average Bonchev–Trinajstić information content (AvgIpc) is 2.71. The van der Waals surface area contributed by atoms with E-state index < -0.39 is 22.3 Å². The number of hydrazine groups is 1. The smallest absolute Gasteiger partial charge is 0.272 e. The highest BCUT2D eigenvalue weighted by Crippen LogP contribution is 2.21. The van der Waals surface area contributed by atoms with E-state index in [9.17, 15) is 24.5 Å². The van der Waals surface area contributed by atoms with Gasteiger partial charge < -0.3 is 0 Å². The maximum Gasteiger partial charge on any atom is 0.290 e. The van der Waals surface area contributed by atoms with E-state index in [2.05, 4.69) is 21.0 Å². The molecule has 28 heavy (non-hydrogen) atoms. The van der Waals surface area contributed by atoms with Gasteiger partial charge in [0.2, 0.25) is 5.91 Å². The van der Waals surface area contributed by atoms with Crippen molar-refractivity contribution in [2.45, 2.75) is 4.90 Å². The lowest BCUT2D eigenvalue weighted by molar-refractivity contribution is -0.384. The van der Waals surface area contributed by atoms with Crippen LogP contribution in [0, 0.1) is 10.1 Å². The minimum absolute atomic E-state index is 0.0160. The Balaban J connectivity index is 1.57. The zero-order valence-corrected chi connectivity index (χ0v) is 15.0. The first-order valence-corrected chi connectivity index (χ1v) is 8.88. The third-order valence-corrected chi connectivity index (χ3v) is 4.66. The summed E-state index contributed by atoms with van der Waals surface area (Å²) in [6.45, 7) is 0. The summed E-state index contributed by atoms with van der Waals surface area (Å²) < 4.78 is 0. The molecular weight excluding hydrogens is 386 g/mol. The van der Waals surface area contributed by atoms with Gasteiger partial charge >= 0.3 is 0 Å². The molecule has 3 rings (SSSR count). The zero-order chi connectivity index (χ0) is 20.1. The Labute approximate surface area is 161 Å². The number of nitrogens with zero attached hydrogens (tertiary/aromatic N) is 2. The van der Waals surface area contributed by atoms with Crippen LogP contribution in [0.4, 0.5) is 5.69 Å². The highest BCUT2D eigenvalue weighted by molar-refractivity contribution is 8.00.